The number of thiazole rings is 1. The maximum atomic E-state index is 12.9. The molecule has 1 aromatic carbocycles. The van der Waals surface area contributed by atoms with Gasteiger partial charge in [-0.05, 0) is 37.1 Å². The Morgan fingerprint density at radius 1 is 1.17 bits per heavy atom. The molecule has 0 bridgehead atoms. The van der Waals surface area contributed by atoms with Gasteiger partial charge in [0.25, 0.3) is 5.91 Å². The lowest BCUT2D eigenvalue weighted by molar-refractivity contribution is 0.0730. The van der Waals surface area contributed by atoms with Crippen molar-refractivity contribution in [2.24, 2.45) is 0 Å². The smallest absolute Gasteiger partial charge is 0.274 e. The van der Waals surface area contributed by atoms with E-state index in [-0.39, 0.29) is 22.8 Å². The lowest BCUT2D eigenvalue weighted by atomic mass is 10.2. The summed E-state index contributed by atoms with van der Waals surface area (Å²) in [6.45, 7) is 0.671. The van der Waals surface area contributed by atoms with Crippen LogP contribution in [0, 0.1) is 0 Å². The van der Waals surface area contributed by atoms with Crippen LogP contribution in [-0.2, 0) is 0 Å². The summed E-state index contributed by atoms with van der Waals surface area (Å²) < 4.78 is 1.13. The average molecular weight is 378 g/mol. The zero-order valence-corrected chi connectivity index (χ0v) is 14.9. The van der Waals surface area contributed by atoms with E-state index in [0.717, 1.165) is 28.1 Å². The number of rotatable bonds is 2. The predicted molar refractivity (Wildman–Crippen MR) is 96.9 cm³/mol. The lowest BCUT2D eigenvalue weighted by Crippen LogP contribution is -2.31. The van der Waals surface area contributed by atoms with Crippen LogP contribution in [0.4, 0.5) is 0 Å². The summed E-state index contributed by atoms with van der Waals surface area (Å²) in [5.41, 5.74) is 1.17. The number of hydrogen-bond donors (Lipinski definition) is 0. The van der Waals surface area contributed by atoms with Crippen molar-refractivity contribution in [3.8, 4) is 0 Å². The molecule has 4 rings (SSSR count). The number of halogens is 2. The molecule has 1 saturated heterocycles. The first kappa shape index (κ1) is 15.8. The number of aromatic nitrogens is 2. The molecule has 0 saturated carbocycles. The second-order valence-corrected chi connectivity index (χ2v) is 7.50. The minimum Gasteiger partial charge on any atom is -0.328 e. The molecule has 0 aliphatic carbocycles. The van der Waals surface area contributed by atoms with Crippen molar-refractivity contribution in [1.29, 1.82) is 0 Å². The van der Waals surface area contributed by atoms with Crippen LogP contribution in [0.1, 0.15) is 34.4 Å². The van der Waals surface area contributed by atoms with Crippen LogP contribution in [0.2, 0.25) is 10.2 Å². The van der Waals surface area contributed by atoms with Crippen molar-refractivity contribution >= 4 is 50.7 Å². The topological polar surface area (TPSA) is 46.1 Å². The Hall–Kier alpha value is -1.69. The van der Waals surface area contributed by atoms with E-state index >= 15 is 0 Å². The van der Waals surface area contributed by atoms with Gasteiger partial charge in [0, 0.05) is 6.54 Å². The van der Waals surface area contributed by atoms with Gasteiger partial charge < -0.3 is 4.90 Å². The Morgan fingerprint density at radius 2 is 2.00 bits per heavy atom. The first-order valence-corrected chi connectivity index (χ1v) is 9.19. The molecule has 1 aliphatic rings. The molecule has 0 radical (unpaired) electrons. The number of hydrogen-bond acceptors (Lipinski definition) is 4. The lowest BCUT2D eigenvalue weighted by Gasteiger charge is -2.23. The van der Waals surface area contributed by atoms with Crippen LogP contribution in [-0.4, -0.2) is 27.3 Å². The van der Waals surface area contributed by atoms with Gasteiger partial charge in [-0.2, -0.15) is 0 Å². The van der Waals surface area contributed by atoms with Crippen LogP contribution in [0.25, 0.3) is 10.2 Å². The molecule has 4 nitrogen and oxygen atoms in total. The third kappa shape index (κ3) is 2.77. The Bertz CT molecular complexity index is 894. The average Bonchev–Trinajstić information content (AvgIpc) is 3.22. The fourth-order valence-corrected chi connectivity index (χ4v) is 4.45. The summed E-state index contributed by atoms with van der Waals surface area (Å²) in [4.78, 5) is 23.5. The zero-order chi connectivity index (χ0) is 16.7. The van der Waals surface area contributed by atoms with E-state index in [1.165, 1.54) is 0 Å². The summed E-state index contributed by atoms with van der Waals surface area (Å²) in [6, 6.07) is 11.2. The van der Waals surface area contributed by atoms with E-state index in [4.69, 9.17) is 28.2 Å². The number of benzene rings is 1. The molecule has 1 aliphatic heterocycles. The summed E-state index contributed by atoms with van der Waals surface area (Å²) in [5.74, 6) is -0.191. The van der Waals surface area contributed by atoms with Gasteiger partial charge in [-0.25, -0.2) is 9.97 Å². The van der Waals surface area contributed by atoms with Crippen LogP contribution in [0.5, 0.6) is 0 Å². The van der Waals surface area contributed by atoms with E-state index in [2.05, 4.69) is 4.98 Å². The summed E-state index contributed by atoms with van der Waals surface area (Å²) >= 11 is 13.7. The second-order valence-electron chi connectivity index (χ2n) is 5.64. The van der Waals surface area contributed by atoms with Crippen molar-refractivity contribution in [2.75, 3.05) is 6.54 Å². The maximum Gasteiger partial charge on any atom is 0.274 e. The van der Waals surface area contributed by atoms with Crippen LogP contribution in [0.15, 0.2) is 36.4 Å². The van der Waals surface area contributed by atoms with E-state index in [0.29, 0.717) is 11.6 Å². The minimum atomic E-state index is -0.191. The van der Waals surface area contributed by atoms with E-state index in [1.54, 1.807) is 23.5 Å². The largest absolute Gasteiger partial charge is 0.328 e. The van der Waals surface area contributed by atoms with Gasteiger partial charge in [-0.1, -0.05) is 35.3 Å². The van der Waals surface area contributed by atoms with Crippen LogP contribution < -0.4 is 0 Å². The van der Waals surface area contributed by atoms with Gasteiger partial charge in [-0.15, -0.1) is 11.3 Å². The molecule has 24 heavy (non-hydrogen) atoms. The van der Waals surface area contributed by atoms with Crippen LogP contribution in [0.3, 0.4) is 0 Å². The van der Waals surface area contributed by atoms with Crippen molar-refractivity contribution in [3.05, 3.63) is 57.3 Å². The first-order valence-electron chi connectivity index (χ1n) is 7.62. The highest BCUT2D eigenvalue weighted by molar-refractivity contribution is 7.18. The van der Waals surface area contributed by atoms with Gasteiger partial charge in [0.15, 0.2) is 0 Å². The predicted octanol–water partition coefficient (Wildman–Crippen LogP) is 4.98. The molecule has 1 atom stereocenters. The fraction of sp³-hybridized carbons (Fsp3) is 0.235. The van der Waals surface area contributed by atoms with E-state index in [9.17, 15) is 4.79 Å². The summed E-state index contributed by atoms with van der Waals surface area (Å²) in [7, 11) is 0. The molecule has 122 valence electrons. The third-order valence-electron chi connectivity index (χ3n) is 4.12. The summed E-state index contributed by atoms with van der Waals surface area (Å²) in [5, 5.41) is 1.54. The summed E-state index contributed by atoms with van der Waals surface area (Å²) in [6.07, 6.45) is 1.83. The number of carbonyl (C=O) groups is 1. The Labute approximate surface area is 153 Å². The van der Waals surface area contributed by atoms with E-state index < -0.39 is 0 Å². The number of carbonyl (C=O) groups excluding carboxylic acids is 1. The highest BCUT2D eigenvalue weighted by Gasteiger charge is 2.34. The van der Waals surface area contributed by atoms with Gasteiger partial charge in [0.2, 0.25) is 0 Å². The molecule has 1 fully saturated rings. The first-order chi connectivity index (χ1) is 11.6. The number of amides is 1. The van der Waals surface area contributed by atoms with Gasteiger partial charge >= 0.3 is 0 Å². The molecule has 0 spiro atoms. The number of pyridine rings is 1. The standard InChI is InChI=1S/C17H13Cl2N3OS/c18-10-7-8-14(19)21-15(10)17(23)22-9-3-5-12(22)16-20-11-4-1-2-6-13(11)24-16/h1-2,4,6-8,12H,3,5,9H2. The Kier molecular flexibility index (Phi) is 4.16. The molecule has 2 aromatic heterocycles. The molecular formula is C17H13Cl2N3OS. The Morgan fingerprint density at radius 3 is 2.83 bits per heavy atom. The molecule has 1 unspecified atom stereocenters. The molecule has 7 heteroatoms. The molecule has 3 heterocycles. The second kappa shape index (κ2) is 6.31. The van der Waals surface area contributed by atoms with Crippen molar-refractivity contribution in [2.45, 2.75) is 18.9 Å². The quantitative estimate of drug-likeness (QED) is 0.591. The van der Waals surface area contributed by atoms with Crippen molar-refractivity contribution in [3.63, 3.8) is 0 Å². The maximum absolute atomic E-state index is 12.9. The SMILES string of the molecule is O=C(c1nc(Cl)ccc1Cl)N1CCCC1c1nc2ccccc2s1. The van der Waals surface area contributed by atoms with Gasteiger partial charge in [-0.3, -0.25) is 4.79 Å². The minimum absolute atomic E-state index is 0.0354. The molecule has 1 amide bonds. The number of para-hydroxylation sites is 1. The molecule has 0 N–H and O–H groups in total. The highest BCUT2D eigenvalue weighted by Crippen LogP contribution is 2.37. The highest BCUT2D eigenvalue weighted by atomic mass is 35.5. The van der Waals surface area contributed by atoms with Crippen LogP contribution >= 0.6 is 34.5 Å². The molecular weight excluding hydrogens is 365 g/mol. The molecule has 3 aromatic rings. The number of likely N-dealkylation sites (tertiary alicyclic amines) is 1. The number of nitrogens with zero attached hydrogens (tertiary/aromatic N) is 3. The fourth-order valence-electron chi connectivity index (χ4n) is 3.00. The van der Waals surface area contributed by atoms with Crippen molar-refractivity contribution < 1.29 is 4.79 Å². The normalized spacial score (nSPS) is 17.6. The Balaban J connectivity index is 1.69. The van der Waals surface area contributed by atoms with Crippen molar-refractivity contribution in [1.82, 2.24) is 14.9 Å². The zero-order valence-electron chi connectivity index (χ0n) is 12.6. The van der Waals surface area contributed by atoms with E-state index in [1.807, 2.05) is 29.2 Å². The third-order valence-corrected chi connectivity index (χ3v) is 5.78. The monoisotopic (exact) mass is 377 g/mol. The number of fused-ring (bicyclic) bond motifs is 1. The van der Waals surface area contributed by atoms with Gasteiger partial charge in [0.1, 0.15) is 15.9 Å². The van der Waals surface area contributed by atoms with Gasteiger partial charge in [0.05, 0.1) is 21.3 Å².